The Labute approximate surface area is 97.8 Å². The molecule has 17 heavy (non-hydrogen) atoms. The normalized spacial score (nSPS) is 12.1. The second-order valence-electron chi connectivity index (χ2n) is 3.22. The summed E-state index contributed by atoms with van der Waals surface area (Å²) >= 11 is 0. The second kappa shape index (κ2) is 6.79. The second-order valence-corrected chi connectivity index (χ2v) is 3.22. The number of non-ortho nitro benzene ring substituents is 1. The van der Waals surface area contributed by atoms with Gasteiger partial charge >= 0.3 is 0 Å². The average Bonchev–Trinajstić information content (AvgIpc) is 2.34. The van der Waals surface area contributed by atoms with Crippen LogP contribution >= 0.6 is 0 Å². The molecule has 1 atom stereocenters. The van der Waals surface area contributed by atoms with Crippen molar-refractivity contribution in [3.63, 3.8) is 0 Å². The lowest BCUT2D eigenvalue weighted by Crippen LogP contribution is -2.28. The van der Waals surface area contributed by atoms with Gasteiger partial charge in [0.2, 0.25) is 0 Å². The summed E-state index contributed by atoms with van der Waals surface area (Å²) in [6, 6.07) is 5.86. The monoisotopic (exact) mass is 242 g/mol. The van der Waals surface area contributed by atoms with Gasteiger partial charge in [0, 0.05) is 17.8 Å². The Morgan fingerprint density at radius 1 is 1.47 bits per heavy atom. The first-order valence-corrected chi connectivity index (χ1v) is 5.01. The Balaban J connectivity index is 2.65. The molecule has 1 unspecified atom stereocenters. The van der Waals surface area contributed by atoms with Crippen molar-refractivity contribution >= 4 is 11.4 Å². The maximum absolute atomic E-state index is 10.5. The molecule has 94 valence electrons. The van der Waals surface area contributed by atoms with E-state index in [2.05, 4.69) is 5.32 Å². The summed E-state index contributed by atoms with van der Waals surface area (Å²) < 4.78 is 5.06. The van der Waals surface area contributed by atoms with Gasteiger partial charge < -0.3 is 20.3 Å². The number of nitrogens with one attached hydrogen (secondary N) is 1. The van der Waals surface area contributed by atoms with E-state index in [1.165, 1.54) is 18.2 Å². The van der Waals surface area contributed by atoms with Crippen LogP contribution in [0.1, 0.15) is 0 Å². The van der Waals surface area contributed by atoms with Crippen molar-refractivity contribution < 1.29 is 19.9 Å². The maximum Gasteiger partial charge on any atom is 0.271 e. The molecule has 0 amide bonds. The SMILES string of the molecule is O=[N+]([O-])c1cccc(NC(CO)OCCO)c1. The van der Waals surface area contributed by atoms with Crippen LogP contribution in [-0.4, -0.2) is 41.2 Å². The third-order valence-corrected chi connectivity index (χ3v) is 1.96. The third-order valence-electron chi connectivity index (χ3n) is 1.96. The molecule has 1 rings (SSSR count). The van der Waals surface area contributed by atoms with E-state index < -0.39 is 11.2 Å². The Kier molecular flexibility index (Phi) is 5.34. The van der Waals surface area contributed by atoms with Crippen LogP contribution in [0.3, 0.4) is 0 Å². The standard InChI is InChI=1S/C10H14N2O5/c13-4-5-17-10(7-14)11-8-2-1-3-9(6-8)12(15)16/h1-3,6,10-11,13-14H,4-5,7H2. The van der Waals surface area contributed by atoms with Gasteiger partial charge in [-0.15, -0.1) is 0 Å². The first kappa shape index (κ1) is 13.4. The van der Waals surface area contributed by atoms with Gasteiger partial charge in [0.05, 0.1) is 24.7 Å². The smallest absolute Gasteiger partial charge is 0.271 e. The molecule has 0 fully saturated rings. The summed E-state index contributed by atoms with van der Waals surface area (Å²) in [5.41, 5.74) is 0.421. The van der Waals surface area contributed by atoms with E-state index in [4.69, 9.17) is 14.9 Å². The van der Waals surface area contributed by atoms with Crippen molar-refractivity contribution in [1.82, 2.24) is 0 Å². The lowest BCUT2D eigenvalue weighted by molar-refractivity contribution is -0.384. The molecule has 0 heterocycles. The predicted molar refractivity (Wildman–Crippen MR) is 60.6 cm³/mol. The van der Waals surface area contributed by atoms with Gasteiger partial charge in [0.15, 0.2) is 6.23 Å². The van der Waals surface area contributed by atoms with Crippen molar-refractivity contribution in [2.24, 2.45) is 0 Å². The highest BCUT2D eigenvalue weighted by molar-refractivity contribution is 5.51. The molecule has 0 aliphatic carbocycles. The number of rotatable bonds is 7. The minimum Gasteiger partial charge on any atom is -0.394 e. The fraction of sp³-hybridized carbons (Fsp3) is 0.400. The Bertz CT molecular complexity index is 371. The van der Waals surface area contributed by atoms with Crippen molar-refractivity contribution in [2.45, 2.75) is 6.23 Å². The van der Waals surface area contributed by atoms with Crippen molar-refractivity contribution in [2.75, 3.05) is 25.1 Å². The Morgan fingerprint density at radius 2 is 2.24 bits per heavy atom. The number of benzene rings is 1. The van der Waals surface area contributed by atoms with Crippen LogP contribution in [0.15, 0.2) is 24.3 Å². The first-order valence-electron chi connectivity index (χ1n) is 5.01. The predicted octanol–water partition coefficient (Wildman–Crippen LogP) is 0.334. The highest BCUT2D eigenvalue weighted by Gasteiger charge is 2.10. The minimum atomic E-state index is -0.704. The number of ether oxygens (including phenoxy) is 1. The number of nitro benzene ring substituents is 1. The quantitative estimate of drug-likeness (QED) is 0.361. The number of aliphatic hydroxyl groups is 2. The lowest BCUT2D eigenvalue weighted by Gasteiger charge is -2.17. The van der Waals surface area contributed by atoms with Gasteiger partial charge in [0.1, 0.15) is 0 Å². The molecule has 7 nitrogen and oxygen atoms in total. The van der Waals surface area contributed by atoms with Crippen molar-refractivity contribution in [1.29, 1.82) is 0 Å². The van der Waals surface area contributed by atoms with Crippen LogP contribution in [0.4, 0.5) is 11.4 Å². The van der Waals surface area contributed by atoms with E-state index in [0.717, 1.165) is 0 Å². The Hall–Kier alpha value is -1.70. The molecule has 0 aromatic heterocycles. The average molecular weight is 242 g/mol. The van der Waals surface area contributed by atoms with E-state index >= 15 is 0 Å². The Morgan fingerprint density at radius 3 is 2.82 bits per heavy atom. The first-order chi connectivity index (χ1) is 8.17. The molecule has 7 heteroatoms. The molecule has 3 N–H and O–H groups in total. The van der Waals surface area contributed by atoms with Crippen molar-refractivity contribution in [3.05, 3.63) is 34.4 Å². The zero-order chi connectivity index (χ0) is 12.7. The molecule has 0 radical (unpaired) electrons. The van der Waals surface area contributed by atoms with Crippen molar-refractivity contribution in [3.8, 4) is 0 Å². The van der Waals surface area contributed by atoms with Crippen LogP contribution in [0.2, 0.25) is 0 Å². The number of nitro groups is 1. The van der Waals surface area contributed by atoms with Gasteiger partial charge in [-0.2, -0.15) is 0 Å². The van der Waals surface area contributed by atoms with E-state index in [-0.39, 0.29) is 25.5 Å². The molecule has 0 saturated carbocycles. The largest absolute Gasteiger partial charge is 0.394 e. The van der Waals surface area contributed by atoms with E-state index in [9.17, 15) is 10.1 Å². The van der Waals surface area contributed by atoms with Crippen LogP contribution in [-0.2, 0) is 4.74 Å². The summed E-state index contributed by atoms with van der Waals surface area (Å²) in [4.78, 5) is 10.0. The summed E-state index contributed by atoms with van der Waals surface area (Å²) in [6.07, 6.45) is -0.704. The van der Waals surface area contributed by atoms with E-state index in [1.807, 2.05) is 0 Å². The number of nitrogens with zero attached hydrogens (tertiary/aromatic N) is 1. The molecule has 0 saturated heterocycles. The van der Waals surface area contributed by atoms with Crippen LogP contribution < -0.4 is 5.32 Å². The molecular weight excluding hydrogens is 228 g/mol. The van der Waals surface area contributed by atoms with Gasteiger partial charge in [-0.05, 0) is 6.07 Å². The van der Waals surface area contributed by atoms with Gasteiger partial charge in [-0.1, -0.05) is 6.07 Å². The fourth-order valence-corrected chi connectivity index (χ4v) is 1.23. The third kappa shape index (κ3) is 4.35. The maximum atomic E-state index is 10.5. The van der Waals surface area contributed by atoms with Crippen LogP contribution in [0.25, 0.3) is 0 Å². The topological polar surface area (TPSA) is 105 Å². The number of hydrogen-bond acceptors (Lipinski definition) is 6. The zero-order valence-electron chi connectivity index (χ0n) is 9.07. The summed E-state index contributed by atoms with van der Waals surface area (Å²) in [5.74, 6) is 0. The highest BCUT2D eigenvalue weighted by atomic mass is 16.6. The summed E-state index contributed by atoms with van der Waals surface area (Å²) in [6.45, 7) is -0.386. The summed E-state index contributed by atoms with van der Waals surface area (Å²) in [7, 11) is 0. The molecule has 0 bridgehead atoms. The summed E-state index contributed by atoms with van der Waals surface area (Å²) in [5, 5.41) is 30.9. The number of anilines is 1. The van der Waals surface area contributed by atoms with Crippen LogP contribution in [0.5, 0.6) is 0 Å². The van der Waals surface area contributed by atoms with Gasteiger partial charge in [-0.25, -0.2) is 0 Å². The highest BCUT2D eigenvalue weighted by Crippen LogP contribution is 2.17. The molecular formula is C10H14N2O5. The number of aliphatic hydroxyl groups excluding tert-OH is 2. The molecule has 1 aromatic rings. The molecule has 0 aliphatic rings. The van der Waals surface area contributed by atoms with E-state index in [0.29, 0.717) is 5.69 Å². The van der Waals surface area contributed by atoms with E-state index in [1.54, 1.807) is 6.07 Å². The van der Waals surface area contributed by atoms with Gasteiger partial charge in [-0.3, -0.25) is 10.1 Å². The molecule has 0 spiro atoms. The van der Waals surface area contributed by atoms with Crippen LogP contribution in [0, 0.1) is 10.1 Å². The fourth-order valence-electron chi connectivity index (χ4n) is 1.23. The molecule has 0 aliphatic heterocycles. The minimum absolute atomic E-state index is 0.0474. The molecule has 1 aromatic carbocycles. The van der Waals surface area contributed by atoms with Gasteiger partial charge in [0.25, 0.3) is 5.69 Å². The number of hydrogen-bond donors (Lipinski definition) is 3. The zero-order valence-corrected chi connectivity index (χ0v) is 9.07. The lowest BCUT2D eigenvalue weighted by atomic mass is 10.3.